The Balaban J connectivity index is 1.69. The van der Waals surface area contributed by atoms with Crippen molar-refractivity contribution < 1.29 is 9.47 Å². The Morgan fingerprint density at radius 3 is 2.52 bits per heavy atom. The lowest BCUT2D eigenvalue weighted by atomic mass is 10.1. The molecular weight excluding hydrogens is 342 g/mol. The molecule has 0 unspecified atom stereocenters. The van der Waals surface area contributed by atoms with E-state index >= 15 is 0 Å². The largest absolute Gasteiger partial charge is 0.493 e. The lowest BCUT2D eigenvalue weighted by Crippen LogP contribution is -2.06. The van der Waals surface area contributed by atoms with Crippen molar-refractivity contribution in [3.05, 3.63) is 59.3 Å². The Morgan fingerprint density at radius 2 is 1.78 bits per heavy atom. The minimum absolute atomic E-state index is 0.444. The summed E-state index contributed by atoms with van der Waals surface area (Å²) in [6.45, 7) is 4.68. The molecule has 0 spiro atoms. The topological polar surface area (TPSA) is 81.2 Å². The highest BCUT2D eigenvalue weighted by Crippen LogP contribution is 2.27. The average Bonchev–Trinajstić information content (AvgIpc) is 2.68. The van der Waals surface area contributed by atoms with Crippen molar-refractivity contribution in [2.45, 2.75) is 20.4 Å². The van der Waals surface area contributed by atoms with E-state index in [0.29, 0.717) is 29.8 Å². The fraction of sp³-hybridized carbons (Fsp3) is 0.250. The van der Waals surface area contributed by atoms with Crippen molar-refractivity contribution in [1.82, 2.24) is 15.2 Å². The Hall–Kier alpha value is -3.35. The minimum atomic E-state index is 0.444. The molecule has 27 heavy (non-hydrogen) atoms. The predicted molar refractivity (Wildman–Crippen MR) is 106 cm³/mol. The lowest BCUT2D eigenvalue weighted by molar-refractivity contribution is 0.354. The van der Waals surface area contributed by atoms with Gasteiger partial charge in [-0.05, 0) is 43.2 Å². The molecule has 0 aliphatic heterocycles. The number of nitrogens with zero attached hydrogens (tertiary/aromatic N) is 3. The van der Waals surface area contributed by atoms with Gasteiger partial charge in [-0.15, -0.1) is 5.10 Å². The number of aromatic nitrogens is 3. The molecule has 3 rings (SSSR count). The van der Waals surface area contributed by atoms with Gasteiger partial charge in [-0.2, -0.15) is 10.1 Å². The fourth-order valence-electron chi connectivity index (χ4n) is 2.70. The Kier molecular flexibility index (Phi) is 5.71. The number of nitrogens with one attached hydrogen (secondary N) is 2. The molecule has 0 amide bonds. The molecule has 0 bridgehead atoms. The maximum Gasteiger partial charge on any atom is 0.249 e. The number of hydrogen-bond donors (Lipinski definition) is 2. The van der Waals surface area contributed by atoms with Crippen molar-refractivity contribution in [3.8, 4) is 11.5 Å². The van der Waals surface area contributed by atoms with Gasteiger partial charge < -0.3 is 20.1 Å². The highest BCUT2D eigenvalue weighted by molar-refractivity contribution is 5.59. The van der Waals surface area contributed by atoms with E-state index in [2.05, 4.69) is 38.8 Å². The molecule has 0 atom stereocenters. The average molecular weight is 365 g/mol. The molecule has 7 heteroatoms. The van der Waals surface area contributed by atoms with Gasteiger partial charge >= 0.3 is 0 Å². The van der Waals surface area contributed by atoms with Crippen LogP contribution in [-0.4, -0.2) is 29.4 Å². The number of ether oxygens (including phenoxy) is 2. The molecule has 1 aromatic heterocycles. The Bertz CT molecular complexity index is 930. The van der Waals surface area contributed by atoms with Gasteiger partial charge in [0.15, 0.2) is 17.3 Å². The summed E-state index contributed by atoms with van der Waals surface area (Å²) < 4.78 is 10.6. The van der Waals surface area contributed by atoms with Gasteiger partial charge in [0.2, 0.25) is 5.95 Å². The SMILES string of the molecule is COc1ccc(CNc2cnnc(Nc3ccc(C)cc3C)n2)cc1OC. The van der Waals surface area contributed by atoms with Crippen LogP contribution >= 0.6 is 0 Å². The highest BCUT2D eigenvalue weighted by Gasteiger charge is 2.06. The van der Waals surface area contributed by atoms with Crippen LogP contribution in [0.3, 0.4) is 0 Å². The van der Waals surface area contributed by atoms with E-state index in [1.807, 2.05) is 37.3 Å². The van der Waals surface area contributed by atoms with Crippen molar-refractivity contribution in [2.24, 2.45) is 0 Å². The van der Waals surface area contributed by atoms with Crippen LogP contribution in [0, 0.1) is 13.8 Å². The lowest BCUT2D eigenvalue weighted by Gasteiger charge is -2.11. The Labute approximate surface area is 158 Å². The van der Waals surface area contributed by atoms with E-state index in [1.54, 1.807) is 20.4 Å². The van der Waals surface area contributed by atoms with Gasteiger partial charge in [0.1, 0.15) is 0 Å². The van der Waals surface area contributed by atoms with Gasteiger partial charge in [-0.1, -0.05) is 23.8 Å². The number of aryl methyl sites for hydroxylation is 2. The van der Waals surface area contributed by atoms with Gasteiger partial charge in [-0.3, -0.25) is 0 Å². The van der Waals surface area contributed by atoms with Gasteiger partial charge in [0.25, 0.3) is 0 Å². The smallest absolute Gasteiger partial charge is 0.249 e. The second-order valence-corrected chi connectivity index (χ2v) is 6.15. The first-order valence-corrected chi connectivity index (χ1v) is 8.58. The third kappa shape index (κ3) is 4.63. The summed E-state index contributed by atoms with van der Waals surface area (Å²) in [5, 5.41) is 14.5. The molecule has 0 aliphatic carbocycles. The highest BCUT2D eigenvalue weighted by atomic mass is 16.5. The molecule has 0 radical (unpaired) electrons. The molecule has 3 aromatic rings. The second-order valence-electron chi connectivity index (χ2n) is 6.15. The number of hydrogen-bond acceptors (Lipinski definition) is 7. The van der Waals surface area contributed by atoms with Crippen LogP contribution in [0.5, 0.6) is 11.5 Å². The summed E-state index contributed by atoms with van der Waals surface area (Å²) in [7, 11) is 3.24. The molecule has 0 saturated carbocycles. The Morgan fingerprint density at radius 1 is 0.963 bits per heavy atom. The summed E-state index contributed by atoms with van der Waals surface area (Å²) in [5.41, 5.74) is 4.33. The summed E-state index contributed by atoms with van der Waals surface area (Å²) >= 11 is 0. The maximum absolute atomic E-state index is 5.33. The maximum atomic E-state index is 5.33. The first kappa shape index (κ1) is 18.4. The first-order valence-electron chi connectivity index (χ1n) is 8.58. The number of methoxy groups -OCH3 is 2. The second kappa shape index (κ2) is 8.35. The van der Waals surface area contributed by atoms with Crippen LogP contribution in [-0.2, 0) is 6.54 Å². The van der Waals surface area contributed by atoms with Gasteiger partial charge in [0.05, 0.1) is 20.4 Å². The molecule has 0 saturated heterocycles. The molecule has 2 N–H and O–H groups in total. The van der Waals surface area contributed by atoms with E-state index in [4.69, 9.17) is 9.47 Å². The third-order valence-corrected chi connectivity index (χ3v) is 4.11. The number of rotatable bonds is 7. The molecule has 7 nitrogen and oxygen atoms in total. The van der Waals surface area contributed by atoms with Crippen LogP contribution in [0.2, 0.25) is 0 Å². The van der Waals surface area contributed by atoms with E-state index in [-0.39, 0.29) is 0 Å². The third-order valence-electron chi connectivity index (χ3n) is 4.11. The number of benzene rings is 2. The van der Waals surface area contributed by atoms with E-state index < -0.39 is 0 Å². The van der Waals surface area contributed by atoms with Crippen LogP contribution in [0.15, 0.2) is 42.6 Å². The summed E-state index contributed by atoms with van der Waals surface area (Å²) in [4.78, 5) is 4.47. The van der Waals surface area contributed by atoms with Crippen LogP contribution in [0.25, 0.3) is 0 Å². The summed E-state index contributed by atoms with van der Waals surface area (Å²) in [6, 6.07) is 11.9. The molecule has 2 aromatic carbocycles. The number of anilines is 3. The van der Waals surface area contributed by atoms with E-state index in [9.17, 15) is 0 Å². The summed E-state index contributed by atoms with van der Waals surface area (Å²) in [5.74, 6) is 2.46. The van der Waals surface area contributed by atoms with E-state index in [0.717, 1.165) is 16.8 Å². The molecular formula is C20H23N5O2. The predicted octanol–water partition coefficient (Wildman–Crippen LogP) is 3.86. The zero-order chi connectivity index (χ0) is 19.2. The van der Waals surface area contributed by atoms with Gasteiger partial charge in [-0.25, -0.2) is 0 Å². The zero-order valence-corrected chi connectivity index (χ0v) is 15.9. The minimum Gasteiger partial charge on any atom is -0.493 e. The standard InChI is InChI=1S/C20H23N5O2/c1-13-5-7-16(14(2)9-13)23-20-24-19(12-22-25-20)21-11-15-6-8-17(26-3)18(10-15)27-4/h5-10,12H,11H2,1-4H3,(H2,21,23,24,25). The zero-order valence-electron chi connectivity index (χ0n) is 15.9. The van der Waals surface area contributed by atoms with Crippen LogP contribution < -0.4 is 20.1 Å². The van der Waals surface area contributed by atoms with Crippen LogP contribution in [0.4, 0.5) is 17.5 Å². The van der Waals surface area contributed by atoms with Gasteiger partial charge in [0, 0.05) is 12.2 Å². The normalized spacial score (nSPS) is 10.4. The fourth-order valence-corrected chi connectivity index (χ4v) is 2.70. The first-order chi connectivity index (χ1) is 13.1. The van der Waals surface area contributed by atoms with E-state index in [1.165, 1.54) is 5.56 Å². The summed E-state index contributed by atoms with van der Waals surface area (Å²) in [6.07, 6.45) is 1.59. The quantitative estimate of drug-likeness (QED) is 0.658. The molecule has 140 valence electrons. The van der Waals surface area contributed by atoms with Crippen molar-refractivity contribution in [2.75, 3.05) is 24.9 Å². The monoisotopic (exact) mass is 365 g/mol. The van der Waals surface area contributed by atoms with Crippen LogP contribution in [0.1, 0.15) is 16.7 Å². The van der Waals surface area contributed by atoms with Crippen molar-refractivity contribution in [3.63, 3.8) is 0 Å². The van der Waals surface area contributed by atoms with Crippen molar-refractivity contribution in [1.29, 1.82) is 0 Å². The molecule has 0 aliphatic rings. The molecule has 1 heterocycles. The molecule has 0 fully saturated rings. The van der Waals surface area contributed by atoms with Crippen molar-refractivity contribution >= 4 is 17.5 Å².